The van der Waals surface area contributed by atoms with Crippen molar-refractivity contribution in [2.45, 2.75) is 6.42 Å². The number of hydrogen-bond donors (Lipinski definition) is 1. The summed E-state index contributed by atoms with van der Waals surface area (Å²) in [5.74, 6) is 0. The fraction of sp³-hybridized carbons (Fsp3) is 0.0667. The maximum Gasteiger partial charge on any atom is 0.0425 e. The molecule has 4 rings (SSSR count). The first-order chi connectivity index (χ1) is 8.31. The molecule has 0 amide bonds. The van der Waals surface area contributed by atoms with Gasteiger partial charge in [0.25, 0.3) is 0 Å². The second-order valence-electron chi connectivity index (χ2n) is 4.51. The summed E-state index contributed by atoms with van der Waals surface area (Å²) in [7, 11) is 0. The van der Waals surface area contributed by atoms with E-state index in [1.165, 1.54) is 31.4 Å². The molecule has 0 atom stereocenters. The van der Waals surface area contributed by atoms with Crippen molar-refractivity contribution in [2.75, 3.05) is 5.32 Å². The number of thiophene rings is 1. The molecule has 0 bridgehead atoms. The van der Waals surface area contributed by atoms with Crippen LogP contribution >= 0.6 is 11.3 Å². The standard InChI is InChI=1S/C15H11NS/c1-9-6-10-7-15-12(8-13(10)16-9)11-4-2-3-5-14(11)17-15/h2-5,7-8,16H,1,6H2. The van der Waals surface area contributed by atoms with Gasteiger partial charge in [-0.15, -0.1) is 11.3 Å². The number of benzene rings is 2. The molecule has 0 radical (unpaired) electrons. The van der Waals surface area contributed by atoms with Gasteiger partial charge >= 0.3 is 0 Å². The summed E-state index contributed by atoms with van der Waals surface area (Å²) in [6.45, 7) is 4.00. The maximum atomic E-state index is 4.00. The van der Waals surface area contributed by atoms with Crippen LogP contribution in [-0.2, 0) is 6.42 Å². The van der Waals surface area contributed by atoms with Crippen LogP contribution in [-0.4, -0.2) is 0 Å². The summed E-state index contributed by atoms with van der Waals surface area (Å²) >= 11 is 1.87. The Bertz CT molecular complexity index is 767. The average Bonchev–Trinajstić information content (AvgIpc) is 2.84. The van der Waals surface area contributed by atoms with Crippen LogP contribution in [0.2, 0.25) is 0 Å². The van der Waals surface area contributed by atoms with Crippen LogP contribution < -0.4 is 5.32 Å². The third-order valence-electron chi connectivity index (χ3n) is 3.32. The molecule has 0 fully saturated rings. The van der Waals surface area contributed by atoms with Crippen molar-refractivity contribution < 1.29 is 0 Å². The highest BCUT2D eigenvalue weighted by Crippen LogP contribution is 2.39. The minimum absolute atomic E-state index is 0.958. The molecule has 82 valence electrons. The molecule has 0 saturated carbocycles. The molecule has 2 heteroatoms. The number of rotatable bonds is 0. The molecule has 1 N–H and O–H groups in total. The molecular formula is C15H11NS. The molecule has 1 aromatic heterocycles. The molecule has 17 heavy (non-hydrogen) atoms. The highest BCUT2D eigenvalue weighted by molar-refractivity contribution is 7.25. The molecular weight excluding hydrogens is 226 g/mol. The normalized spacial score (nSPS) is 14.2. The van der Waals surface area contributed by atoms with Crippen LogP contribution in [0.15, 0.2) is 48.7 Å². The van der Waals surface area contributed by atoms with Crippen molar-refractivity contribution in [3.8, 4) is 0 Å². The number of allylic oxidation sites excluding steroid dienone is 1. The molecule has 0 spiro atoms. The summed E-state index contributed by atoms with van der Waals surface area (Å²) in [4.78, 5) is 0. The van der Waals surface area contributed by atoms with Gasteiger partial charge in [-0.05, 0) is 23.8 Å². The maximum absolute atomic E-state index is 4.00. The van der Waals surface area contributed by atoms with E-state index in [0.29, 0.717) is 0 Å². The molecule has 0 aliphatic carbocycles. The number of nitrogens with one attached hydrogen (secondary N) is 1. The van der Waals surface area contributed by atoms with E-state index in [9.17, 15) is 0 Å². The van der Waals surface area contributed by atoms with Gasteiger partial charge in [0.15, 0.2) is 0 Å². The van der Waals surface area contributed by atoms with Crippen LogP contribution in [0.3, 0.4) is 0 Å². The fourth-order valence-corrected chi connectivity index (χ4v) is 3.69. The first-order valence-electron chi connectivity index (χ1n) is 5.70. The summed E-state index contributed by atoms with van der Waals surface area (Å²) in [6.07, 6.45) is 0.958. The highest BCUT2D eigenvalue weighted by atomic mass is 32.1. The number of anilines is 1. The van der Waals surface area contributed by atoms with Gasteiger partial charge in [0.1, 0.15) is 0 Å². The van der Waals surface area contributed by atoms with Crippen LogP contribution in [0.4, 0.5) is 5.69 Å². The van der Waals surface area contributed by atoms with Gasteiger partial charge in [-0.25, -0.2) is 0 Å². The van der Waals surface area contributed by atoms with E-state index in [2.05, 4.69) is 48.3 Å². The zero-order valence-corrected chi connectivity index (χ0v) is 10.1. The molecule has 2 heterocycles. The SMILES string of the molecule is C=C1Cc2cc3sc4ccccc4c3cc2N1. The second-order valence-corrected chi connectivity index (χ2v) is 5.59. The molecule has 1 nitrogen and oxygen atoms in total. The smallest absolute Gasteiger partial charge is 0.0425 e. The number of hydrogen-bond acceptors (Lipinski definition) is 2. The highest BCUT2D eigenvalue weighted by Gasteiger charge is 2.15. The summed E-state index contributed by atoms with van der Waals surface area (Å²) in [5.41, 5.74) is 3.70. The lowest BCUT2D eigenvalue weighted by Gasteiger charge is -1.99. The first-order valence-corrected chi connectivity index (χ1v) is 6.52. The molecule has 1 aliphatic heterocycles. The first kappa shape index (κ1) is 9.25. The van der Waals surface area contributed by atoms with E-state index in [0.717, 1.165) is 12.1 Å². The Morgan fingerprint density at radius 1 is 1.06 bits per heavy atom. The van der Waals surface area contributed by atoms with E-state index in [1.807, 2.05) is 11.3 Å². The monoisotopic (exact) mass is 237 g/mol. The van der Waals surface area contributed by atoms with Crippen LogP contribution in [0.25, 0.3) is 20.2 Å². The predicted octanol–water partition coefficient (Wildman–Crippen LogP) is 4.54. The Balaban J connectivity index is 2.13. The Kier molecular flexibility index (Phi) is 1.69. The van der Waals surface area contributed by atoms with Crippen molar-refractivity contribution >= 4 is 37.2 Å². The van der Waals surface area contributed by atoms with E-state index in [4.69, 9.17) is 0 Å². The second kappa shape index (κ2) is 3.11. The average molecular weight is 237 g/mol. The van der Waals surface area contributed by atoms with Gasteiger partial charge in [0.2, 0.25) is 0 Å². The lowest BCUT2D eigenvalue weighted by molar-refractivity contribution is 1.27. The Morgan fingerprint density at radius 3 is 2.88 bits per heavy atom. The Morgan fingerprint density at radius 2 is 1.94 bits per heavy atom. The molecule has 0 saturated heterocycles. The molecule has 1 aliphatic rings. The third kappa shape index (κ3) is 1.25. The van der Waals surface area contributed by atoms with Crippen LogP contribution in [0.5, 0.6) is 0 Å². The number of fused-ring (bicyclic) bond motifs is 4. The largest absolute Gasteiger partial charge is 0.359 e. The van der Waals surface area contributed by atoms with Gasteiger partial charge < -0.3 is 5.32 Å². The van der Waals surface area contributed by atoms with E-state index in [-0.39, 0.29) is 0 Å². The van der Waals surface area contributed by atoms with Gasteiger partial charge in [0, 0.05) is 38.0 Å². The van der Waals surface area contributed by atoms with Crippen molar-refractivity contribution in [3.63, 3.8) is 0 Å². The third-order valence-corrected chi connectivity index (χ3v) is 4.45. The van der Waals surface area contributed by atoms with Crippen molar-refractivity contribution in [1.29, 1.82) is 0 Å². The summed E-state index contributed by atoms with van der Waals surface area (Å²) < 4.78 is 2.74. The minimum atomic E-state index is 0.958. The summed E-state index contributed by atoms with van der Waals surface area (Å²) in [6, 6.07) is 13.2. The predicted molar refractivity (Wildman–Crippen MR) is 75.8 cm³/mol. The lowest BCUT2D eigenvalue weighted by atomic mass is 10.1. The zero-order valence-electron chi connectivity index (χ0n) is 9.29. The molecule has 2 aromatic carbocycles. The fourth-order valence-electron chi connectivity index (χ4n) is 2.54. The van der Waals surface area contributed by atoms with Crippen molar-refractivity contribution in [2.24, 2.45) is 0 Å². The van der Waals surface area contributed by atoms with Gasteiger partial charge in [-0.3, -0.25) is 0 Å². The van der Waals surface area contributed by atoms with Gasteiger partial charge in [0.05, 0.1) is 0 Å². The van der Waals surface area contributed by atoms with Crippen LogP contribution in [0, 0.1) is 0 Å². The van der Waals surface area contributed by atoms with Gasteiger partial charge in [-0.2, -0.15) is 0 Å². The van der Waals surface area contributed by atoms with E-state index >= 15 is 0 Å². The lowest BCUT2D eigenvalue weighted by Crippen LogP contribution is -1.87. The zero-order chi connectivity index (χ0) is 11.4. The van der Waals surface area contributed by atoms with Crippen LogP contribution in [0.1, 0.15) is 5.56 Å². The van der Waals surface area contributed by atoms with Crippen molar-refractivity contribution in [1.82, 2.24) is 0 Å². The Labute approximate surface area is 103 Å². The Hall–Kier alpha value is -1.80. The minimum Gasteiger partial charge on any atom is -0.359 e. The van der Waals surface area contributed by atoms with Crippen molar-refractivity contribution in [3.05, 3.63) is 54.2 Å². The molecule has 3 aromatic rings. The summed E-state index contributed by atoms with van der Waals surface area (Å²) in [5, 5.41) is 6.06. The van der Waals surface area contributed by atoms with E-state index in [1.54, 1.807) is 0 Å². The van der Waals surface area contributed by atoms with Gasteiger partial charge in [-0.1, -0.05) is 24.8 Å². The topological polar surface area (TPSA) is 12.0 Å². The quantitative estimate of drug-likeness (QED) is 0.605. The molecule has 0 unspecified atom stereocenters. The van der Waals surface area contributed by atoms with E-state index < -0.39 is 0 Å².